The van der Waals surface area contributed by atoms with Gasteiger partial charge in [-0.25, -0.2) is 9.97 Å². The average Bonchev–Trinajstić information content (AvgIpc) is 3.00. The van der Waals surface area contributed by atoms with Gasteiger partial charge in [0.25, 0.3) is 0 Å². The topological polar surface area (TPSA) is 111 Å². The summed E-state index contributed by atoms with van der Waals surface area (Å²) in [7, 11) is 7.02. The predicted molar refractivity (Wildman–Crippen MR) is 160 cm³/mol. The van der Waals surface area contributed by atoms with E-state index in [4.69, 9.17) is 18.9 Å². The minimum atomic E-state index is -0.0383. The van der Waals surface area contributed by atoms with Crippen LogP contribution in [-0.4, -0.2) is 84.7 Å². The summed E-state index contributed by atoms with van der Waals surface area (Å²) in [5.74, 6) is 3.14. The van der Waals surface area contributed by atoms with Gasteiger partial charge >= 0.3 is 0 Å². The molecule has 0 saturated carbocycles. The fraction of sp³-hybridized carbons (Fsp3) is 0.355. The van der Waals surface area contributed by atoms with Crippen molar-refractivity contribution in [3.8, 4) is 23.0 Å². The van der Waals surface area contributed by atoms with Crippen LogP contribution in [0.15, 0.2) is 61.1 Å². The summed E-state index contributed by atoms with van der Waals surface area (Å²) in [6.07, 6.45) is 4.69. The van der Waals surface area contributed by atoms with Crippen molar-refractivity contribution in [2.24, 2.45) is 0 Å². The summed E-state index contributed by atoms with van der Waals surface area (Å²) in [6, 6.07) is 15.1. The molecule has 0 bridgehead atoms. The molecule has 0 spiro atoms. The van der Waals surface area contributed by atoms with E-state index < -0.39 is 0 Å². The van der Waals surface area contributed by atoms with Gasteiger partial charge in [-0.1, -0.05) is 6.07 Å². The van der Waals surface area contributed by atoms with E-state index in [-0.39, 0.29) is 12.0 Å². The highest BCUT2D eigenvalue weighted by molar-refractivity contribution is 5.93. The molecular formula is C31H36N6O5. The van der Waals surface area contributed by atoms with Crippen LogP contribution in [-0.2, 0) is 11.4 Å². The molecule has 1 aliphatic heterocycles. The molecule has 2 aromatic heterocycles. The number of carbonyl (C=O) groups is 1. The number of pyridine rings is 1. The van der Waals surface area contributed by atoms with E-state index in [9.17, 15) is 4.79 Å². The number of amides is 1. The van der Waals surface area contributed by atoms with Crippen molar-refractivity contribution < 1.29 is 23.7 Å². The van der Waals surface area contributed by atoms with Crippen molar-refractivity contribution in [2.45, 2.75) is 25.6 Å². The molecule has 3 heterocycles. The molecule has 42 heavy (non-hydrogen) atoms. The van der Waals surface area contributed by atoms with Crippen LogP contribution in [0.1, 0.15) is 18.5 Å². The Balaban J connectivity index is 1.32. The van der Waals surface area contributed by atoms with E-state index in [1.54, 1.807) is 20.4 Å². The van der Waals surface area contributed by atoms with Crippen LogP contribution < -0.4 is 24.3 Å². The summed E-state index contributed by atoms with van der Waals surface area (Å²) in [5.41, 5.74) is 2.30. The Morgan fingerprint density at radius 3 is 2.45 bits per heavy atom. The number of nitrogens with one attached hydrogen (secondary N) is 1. The van der Waals surface area contributed by atoms with E-state index in [2.05, 4.69) is 20.3 Å². The van der Waals surface area contributed by atoms with Crippen LogP contribution in [0.25, 0.3) is 10.9 Å². The fourth-order valence-corrected chi connectivity index (χ4v) is 4.82. The normalized spacial score (nSPS) is 13.7. The van der Waals surface area contributed by atoms with E-state index in [0.717, 1.165) is 29.6 Å². The van der Waals surface area contributed by atoms with Gasteiger partial charge in [0.2, 0.25) is 5.91 Å². The number of methoxy groups -OCH3 is 2. The first-order chi connectivity index (χ1) is 20.4. The lowest BCUT2D eigenvalue weighted by atomic mass is 10.1. The number of hydrogen-bond acceptors (Lipinski definition) is 10. The lowest BCUT2D eigenvalue weighted by Crippen LogP contribution is -2.45. The Labute approximate surface area is 245 Å². The van der Waals surface area contributed by atoms with Crippen molar-refractivity contribution in [3.63, 3.8) is 0 Å². The molecule has 0 unspecified atom stereocenters. The van der Waals surface area contributed by atoms with Gasteiger partial charge in [0.15, 0.2) is 23.0 Å². The number of piperidine rings is 1. The van der Waals surface area contributed by atoms with E-state index in [1.165, 1.54) is 6.33 Å². The molecule has 11 nitrogen and oxygen atoms in total. The Bertz CT molecular complexity index is 1510. The lowest BCUT2D eigenvalue weighted by Gasteiger charge is -2.33. The van der Waals surface area contributed by atoms with Gasteiger partial charge in [0, 0.05) is 55.3 Å². The zero-order valence-electron chi connectivity index (χ0n) is 24.4. The maximum absolute atomic E-state index is 12.4. The largest absolute Gasteiger partial charge is 0.493 e. The summed E-state index contributed by atoms with van der Waals surface area (Å²) >= 11 is 0. The highest BCUT2D eigenvalue weighted by Gasteiger charge is 2.25. The number of likely N-dealkylation sites (N-methyl/N-ethyl adjacent to an activating group) is 1. The zero-order chi connectivity index (χ0) is 29.5. The second kappa shape index (κ2) is 13.3. The molecule has 1 saturated heterocycles. The average molecular weight is 573 g/mol. The first-order valence-electron chi connectivity index (χ1n) is 13.8. The second-order valence-electron chi connectivity index (χ2n) is 10.3. The Morgan fingerprint density at radius 1 is 0.952 bits per heavy atom. The first-order valence-corrected chi connectivity index (χ1v) is 13.8. The quantitative estimate of drug-likeness (QED) is 0.279. The number of nitrogens with zero attached hydrogens (tertiary/aromatic N) is 5. The van der Waals surface area contributed by atoms with Gasteiger partial charge in [-0.3, -0.25) is 9.78 Å². The van der Waals surface area contributed by atoms with Gasteiger partial charge in [0.05, 0.1) is 32.0 Å². The van der Waals surface area contributed by atoms with Crippen LogP contribution in [0.3, 0.4) is 0 Å². The molecule has 2 aromatic carbocycles. The maximum Gasteiger partial charge on any atom is 0.236 e. The number of benzene rings is 2. The van der Waals surface area contributed by atoms with Crippen LogP contribution in [0.5, 0.6) is 23.0 Å². The molecule has 0 radical (unpaired) electrons. The van der Waals surface area contributed by atoms with Gasteiger partial charge in [0.1, 0.15) is 24.9 Å². The monoisotopic (exact) mass is 572 g/mol. The smallest absolute Gasteiger partial charge is 0.236 e. The molecular weight excluding hydrogens is 536 g/mol. The van der Waals surface area contributed by atoms with Gasteiger partial charge in [-0.15, -0.1) is 0 Å². The summed E-state index contributed by atoms with van der Waals surface area (Å²) < 4.78 is 23.6. The van der Waals surface area contributed by atoms with E-state index in [1.807, 2.05) is 72.4 Å². The number of fused-ring (bicyclic) bond motifs is 1. The minimum Gasteiger partial charge on any atom is -0.493 e. The second-order valence-corrected chi connectivity index (χ2v) is 10.3. The van der Waals surface area contributed by atoms with Crippen molar-refractivity contribution in [3.05, 3.63) is 66.7 Å². The van der Waals surface area contributed by atoms with Gasteiger partial charge in [-0.2, -0.15) is 0 Å². The van der Waals surface area contributed by atoms with Crippen molar-refractivity contribution in [2.75, 3.05) is 53.3 Å². The lowest BCUT2D eigenvalue weighted by molar-refractivity contribution is -0.133. The molecule has 220 valence electrons. The zero-order valence-corrected chi connectivity index (χ0v) is 24.4. The van der Waals surface area contributed by atoms with Crippen molar-refractivity contribution in [1.29, 1.82) is 0 Å². The molecule has 0 atom stereocenters. The Morgan fingerprint density at radius 2 is 1.74 bits per heavy atom. The first kappa shape index (κ1) is 28.9. The fourth-order valence-electron chi connectivity index (χ4n) is 4.82. The van der Waals surface area contributed by atoms with Crippen LogP contribution >= 0.6 is 0 Å². The molecule has 1 amide bonds. The highest BCUT2D eigenvalue weighted by Crippen LogP contribution is 2.37. The number of anilines is 2. The molecule has 11 heteroatoms. The predicted octanol–water partition coefficient (Wildman–Crippen LogP) is 4.30. The van der Waals surface area contributed by atoms with E-state index in [0.29, 0.717) is 60.6 Å². The Kier molecular flexibility index (Phi) is 9.18. The number of ether oxygens (including phenoxy) is 4. The third-order valence-corrected chi connectivity index (χ3v) is 6.99. The van der Waals surface area contributed by atoms with Crippen molar-refractivity contribution >= 4 is 28.3 Å². The number of aromatic nitrogens is 3. The van der Waals surface area contributed by atoms with Crippen LogP contribution in [0.2, 0.25) is 0 Å². The molecule has 5 rings (SSSR count). The summed E-state index contributed by atoms with van der Waals surface area (Å²) in [5, 5.41) is 4.16. The van der Waals surface area contributed by atoms with Gasteiger partial charge < -0.3 is 34.1 Å². The number of carbonyl (C=O) groups excluding carboxylic acids is 1. The molecule has 1 N–H and O–H groups in total. The number of hydrogen-bond donors (Lipinski definition) is 1. The maximum atomic E-state index is 12.4. The summed E-state index contributed by atoms with van der Waals surface area (Å²) in [4.78, 5) is 29.5. The SMILES string of the molecule is COc1cc(Nc2ncnc3cc(OC)c(OC4CCN(C(=O)CN(C)C)CC4)cc23)ccc1OCc1ccccn1. The highest BCUT2D eigenvalue weighted by atomic mass is 16.5. The van der Waals surface area contributed by atoms with E-state index >= 15 is 0 Å². The molecule has 1 fully saturated rings. The van der Waals surface area contributed by atoms with Gasteiger partial charge in [-0.05, 0) is 44.4 Å². The third-order valence-electron chi connectivity index (χ3n) is 6.99. The van der Waals surface area contributed by atoms with Crippen LogP contribution in [0, 0.1) is 0 Å². The summed E-state index contributed by atoms with van der Waals surface area (Å²) in [6.45, 7) is 2.06. The standard InChI is InChI=1S/C31H36N6O5/c1-36(2)18-30(38)37-13-10-23(11-14-37)42-29-16-24-25(17-28(29)40-4)33-20-34-31(24)35-21-8-9-26(27(15-21)39-3)41-19-22-7-5-6-12-32-22/h5-9,12,15-17,20,23H,10-11,13-14,18-19H2,1-4H3,(H,33,34,35). The number of rotatable bonds is 11. The molecule has 0 aliphatic carbocycles. The molecule has 4 aromatic rings. The minimum absolute atomic E-state index is 0.0383. The Hall–Kier alpha value is -4.64. The van der Waals surface area contributed by atoms with Crippen LogP contribution in [0.4, 0.5) is 11.5 Å². The third kappa shape index (κ3) is 6.98. The number of likely N-dealkylation sites (tertiary alicyclic amines) is 1. The van der Waals surface area contributed by atoms with Crippen molar-refractivity contribution in [1.82, 2.24) is 24.8 Å². The molecule has 1 aliphatic rings.